The van der Waals surface area contributed by atoms with Gasteiger partial charge in [-0.2, -0.15) is 0 Å². The Balaban J connectivity index is 2.04. The van der Waals surface area contributed by atoms with E-state index in [2.05, 4.69) is 5.32 Å². The Labute approximate surface area is 145 Å². The van der Waals surface area contributed by atoms with Crippen LogP contribution in [0.2, 0.25) is 0 Å². The summed E-state index contributed by atoms with van der Waals surface area (Å²) in [6.45, 7) is 0. The van der Waals surface area contributed by atoms with E-state index in [1.165, 1.54) is 12.1 Å². The average Bonchev–Trinajstić information content (AvgIpc) is 2.53. The molecule has 25 heavy (non-hydrogen) atoms. The summed E-state index contributed by atoms with van der Waals surface area (Å²) in [6, 6.07) is 9.83. The maximum atomic E-state index is 11.9. The van der Waals surface area contributed by atoms with E-state index < -0.39 is 20.4 Å². The van der Waals surface area contributed by atoms with E-state index in [9.17, 15) is 18.5 Å². The number of anilines is 2. The van der Waals surface area contributed by atoms with Gasteiger partial charge in [0.1, 0.15) is 10.6 Å². The SMILES string of the molecule is CS(=O)(=O)c1cccc(NC2CCCc3cc(N)ccc32)c1[N+](=O)[O-]. The molecule has 3 rings (SSSR count). The van der Waals surface area contributed by atoms with Gasteiger partial charge in [-0.05, 0) is 54.7 Å². The van der Waals surface area contributed by atoms with Crippen molar-refractivity contribution in [2.45, 2.75) is 30.2 Å². The molecule has 1 aliphatic rings. The highest BCUT2D eigenvalue weighted by atomic mass is 32.2. The van der Waals surface area contributed by atoms with E-state index in [0.29, 0.717) is 5.69 Å². The smallest absolute Gasteiger partial charge is 0.310 e. The second-order valence-electron chi connectivity index (χ2n) is 6.23. The molecule has 132 valence electrons. The predicted molar refractivity (Wildman–Crippen MR) is 96.4 cm³/mol. The standard InChI is InChI=1S/C17H19N3O4S/c1-25(23,24)16-7-3-6-15(17(16)20(21)22)19-14-5-2-4-11-10-12(18)8-9-13(11)14/h3,6-10,14,19H,2,4-5,18H2,1H3. The second-order valence-corrected chi connectivity index (χ2v) is 8.21. The fourth-order valence-electron chi connectivity index (χ4n) is 3.30. The zero-order valence-corrected chi connectivity index (χ0v) is 14.5. The highest BCUT2D eigenvalue weighted by Gasteiger charge is 2.28. The Bertz CT molecular complexity index is 941. The van der Waals surface area contributed by atoms with Crippen molar-refractivity contribution in [3.05, 3.63) is 57.6 Å². The molecule has 0 aromatic heterocycles. The lowest BCUT2D eigenvalue weighted by molar-refractivity contribution is -0.386. The molecule has 7 nitrogen and oxygen atoms in total. The number of fused-ring (bicyclic) bond motifs is 1. The lowest BCUT2D eigenvalue weighted by Gasteiger charge is -2.27. The minimum Gasteiger partial charge on any atom is -0.399 e. The number of aryl methyl sites for hydroxylation is 1. The molecule has 0 heterocycles. The van der Waals surface area contributed by atoms with Crippen molar-refractivity contribution in [1.82, 2.24) is 0 Å². The van der Waals surface area contributed by atoms with Gasteiger partial charge >= 0.3 is 5.69 Å². The van der Waals surface area contributed by atoms with Gasteiger partial charge < -0.3 is 11.1 Å². The van der Waals surface area contributed by atoms with Gasteiger partial charge in [-0.25, -0.2) is 8.42 Å². The Hall–Kier alpha value is -2.61. The van der Waals surface area contributed by atoms with Crippen molar-refractivity contribution in [3.8, 4) is 0 Å². The summed E-state index contributed by atoms with van der Waals surface area (Å²) >= 11 is 0. The molecule has 1 aliphatic carbocycles. The van der Waals surface area contributed by atoms with Crippen LogP contribution in [-0.4, -0.2) is 19.6 Å². The molecule has 3 N–H and O–H groups in total. The van der Waals surface area contributed by atoms with Crippen LogP contribution in [0.5, 0.6) is 0 Å². The van der Waals surface area contributed by atoms with Gasteiger partial charge in [0.15, 0.2) is 9.84 Å². The summed E-state index contributed by atoms with van der Waals surface area (Å²) in [7, 11) is -3.71. The van der Waals surface area contributed by atoms with Gasteiger partial charge in [0.05, 0.1) is 11.0 Å². The van der Waals surface area contributed by atoms with Crippen LogP contribution in [0.1, 0.15) is 30.0 Å². The zero-order valence-electron chi connectivity index (χ0n) is 13.7. The molecule has 0 bridgehead atoms. The monoisotopic (exact) mass is 361 g/mol. The van der Waals surface area contributed by atoms with Gasteiger partial charge in [-0.15, -0.1) is 0 Å². The van der Waals surface area contributed by atoms with Crippen LogP contribution in [0.4, 0.5) is 17.1 Å². The zero-order chi connectivity index (χ0) is 18.2. The maximum Gasteiger partial charge on any atom is 0.310 e. The number of nitrogens with one attached hydrogen (secondary N) is 1. The molecule has 0 saturated carbocycles. The van der Waals surface area contributed by atoms with E-state index in [-0.39, 0.29) is 16.6 Å². The number of nitrogen functional groups attached to an aromatic ring is 1. The third-order valence-electron chi connectivity index (χ3n) is 4.39. The predicted octanol–water partition coefficient (Wildman–Crippen LogP) is 3.07. The van der Waals surface area contributed by atoms with Gasteiger partial charge in [-0.3, -0.25) is 10.1 Å². The third-order valence-corrected chi connectivity index (χ3v) is 5.52. The summed E-state index contributed by atoms with van der Waals surface area (Å²) in [6.07, 6.45) is 3.60. The first kappa shape index (κ1) is 17.2. The molecule has 2 aromatic carbocycles. The van der Waals surface area contributed by atoms with Gasteiger partial charge in [-0.1, -0.05) is 12.1 Å². The number of hydrogen-bond acceptors (Lipinski definition) is 6. The number of benzene rings is 2. The van der Waals surface area contributed by atoms with E-state index in [4.69, 9.17) is 5.73 Å². The molecule has 0 radical (unpaired) electrons. The maximum absolute atomic E-state index is 11.9. The minimum absolute atomic E-state index is 0.127. The van der Waals surface area contributed by atoms with Crippen LogP contribution in [0.25, 0.3) is 0 Å². The van der Waals surface area contributed by atoms with E-state index in [0.717, 1.165) is 36.6 Å². The number of nitro benzene ring substituents is 1. The normalized spacial score (nSPS) is 16.9. The van der Waals surface area contributed by atoms with Crippen LogP contribution in [0.15, 0.2) is 41.3 Å². The Morgan fingerprint density at radius 3 is 2.72 bits per heavy atom. The highest BCUT2D eigenvalue weighted by molar-refractivity contribution is 7.90. The fraction of sp³-hybridized carbons (Fsp3) is 0.294. The van der Waals surface area contributed by atoms with Crippen molar-refractivity contribution in [2.75, 3.05) is 17.3 Å². The minimum atomic E-state index is -3.71. The van der Waals surface area contributed by atoms with Crippen molar-refractivity contribution in [3.63, 3.8) is 0 Å². The largest absolute Gasteiger partial charge is 0.399 e. The van der Waals surface area contributed by atoms with Crippen molar-refractivity contribution >= 4 is 26.9 Å². The average molecular weight is 361 g/mol. The number of nitrogens with zero attached hydrogens (tertiary/aromatic N) is 1. The fourth-order valence-corrected chi connectivity index (χ4v) is 4.16. The molecule has 0 spiro atoms. The lowest BCUT2D eigenvalue weighted by atomic mass is 9.87. The first-order valence-electron chi connectivity index (χ1n) is 7.89. The highest BCUT2D eigenvalue weighted by Crippen LogP contribution is 2.38. The second kappa shape index (κ2) is 6.36. The lowest BCUT2D eigenvalue weighted by Crippen LogP contribution is -2.18. The van der Waals surface area contributed by atoms with E-state index in [1.807, 2.05) is 12.1 Å². The number of nitro groups is 1. The molecular weight excluding hydrogens is 342 g/mol. The van der Waals surface area contributed by atoms with Gasteiger partial charge in [0.25, 0.3) is 0 Å². The summed E-state index contributed by atoms with van der Waals surface area (Å²) in [5.74, 6) is 0. The molecule has 0 saturated heterocycles. The van der Waals surface area contributed by atoms with Crippen LogP contribution in [0.3, 0.4) is 0 Å². The number of hydrogen-bond donors (Lipinski definition) is 2. The molecule has 0 aliphatic heterocycles. The molecular formula is C17H19N3O4S. The Morgan fingerprint density at radius 2 is 2.04 bits per heavy atom. The third kappa shape index (κ3) is 3.43. The van der Waals surface area contributed by atoms with Crippen LogP contribution < -0.4 is 11.1 Å². The summed E-state index contributed by atoms with van der Waals surface area (Å²) in [5.41, 5.74) is 8.48. The molecule has 1 unspecified atom stereocenters. The Morgan fingerprint density at radius 1 is 1.28 bits per heavy atom. The number of nitrogens with two attached hydrogens (primary N) is 1. The van der Waals surface area contributed by atoms with E-state index >= 15 is 0 Å². The molecule has 8 heteroatoms. The number of rotatable bonds is 4. The van der Waals surface area contributed by atoms with Crippen molar-refractivity contribution in [2.24, 2.45) is 0 Å². The Kier molecular flexibility index (Phi) is 4.38. The van der Waals surface area contributed by atoms with Gasteiger partial charge in [0.2, 0.25) is 0 Å². The number of sulfone groups is 1. The van der Waals surface area contributed by atoms with Crippen LogP contribution in [-0.2, 0) is 16.3 Å². The van der Waals surface area contributed by atoms with Gasteiger partial charge in [0, 0.05) is 11.9 Å². The molecule has 0 fully saturated rings. The van der Waals surface area contributed by atoms with Crippen molar-refractivity contribution in [1.29, 1.82) is 0 Å². The summed E-state index contributed by atoms with van der Waals surface area (Å²) < 4.78 is 23.8. The molecule has 1 atom stereocenters. The number of para-hydroxylation sites is 1. The first-order valence-corrected chi connectivity index (χ1v) is 9.79. The topological polar surface area (TPSA) is 115 Å². The molecule has 2 aromatic rings. The quantitative estimate of drug-likeness (QED) is 0.491. The van der Waals surface area contributed by atoms with Crippen molar-refractivity contribution < 1.29 is 13.3 Å². The van der Waals surface area contributed by atoms with E-state index in [1.54, 1.807) is 12.1 Å². The summed E-state index contributed by atoms with van der Waals surface area (Å²) in [5, 5.41) is 14.7. The first-order chi connectivity index (χ1) is 11.8. The van der Waals surface area contributed by atoms with Crippen LogP contribution >= 0.6 is 0 Å². The summed E-state index contributed by atoms with van der Waals surface area (Å²) in [4.78, 5) is 10.6. The van der Waals surface area contributed by atoms with Crippen LogP contribution in [0, 0.1) is 10.1 Å². The molecule has 0 amide bonds.